The molecule has 4 heterocycles. The third kappa shape index (κ3) is 3.78. The molecule has 148 valence electrons. The van der Waals surface area contributed by atoms with Crippen molar-refractivity contribution in [1.29, 1.82) is 0 Å². The number of fused-ring (bicyclic) bond motifs is 1. The van der Waals surface area contributed by atoms with Gasteiger partial charge in [-0.1, -0.05) is 6.92 Å². The molecule has 1 saturated heterocycles. The number of H-pyrrole nitrogens is 1. The third-order valence-corrected chi connectivity index (χ3v) is 5.91. The van der Waals surface area contributed by atoms with E-state index in [2.05, 4.69) is 36.5 Å². The van der Waals surface area contributed by atoms with Crippen LogP contribution in [0.1, 0.15) is 19.0 Å². The van der Waals surface area contributed by atoms with E-state index in [-0.39, 0.29) is 6.04 Å². The van der Waals surface area contributed by atoms with Crippen molar-refractivity contribution in [3.05, 3.63) is 30.4 Å². The maximum Gasteiger partial charge on any atom is 0.431 e. The summed E-state index contributed by atoms with van der Waals surface area (Å²) in [5, 5.41) is 6.11. The van der Waals surface area contributed by atoms with Crippen molar-refractivity contribution in [2.75, 3.05) is 30.4 Å². The molecule has 3 aromatic heterocycles. The molecule has 10 heteroatoms. The van der Waals surface area contributed by atoms with Gasteiger partial charge in [-0.05, 0) is 42.9 Å². The minimum absolute atomic E-state index is 0.153. The molecule has 1 aliphatic rings. The van der Waals surface area contributed by atoms with Crippen LogP contribution in [-0.4, -0.2) is 56.7 Å². The number of anilines is 2. The number of hydrogen-bond acceptors (Lipinski definition) is 8. The maximum atomic E-state index is 12.2. The Bertz CT molecular complexity index is 972. The average molecular weight is 401 g/mol. The number of carbonyl (C=O) groups is 1. The minimum atomic E-state index is -0.491. The molecule has 2 atom stereocenters. The number of nitrogens with one attached hydrogen (secondary N) is 2. The van der Waals surface area contributed by atoms with Crippen LogP contribution in [0.15, 0.2) is 24.7 Å². The van der Waals surface area contributed by atoms with Gasteiger partial charge in [0.05, 0.1) is 17.6 Å². The van der Waals surface area contributed by atoms with Gasteiger partial charge in [0.25, 0.3) is 0 Å². The largest absolute Gasteiger partial charge is 0.431 e. The number of likely N-dealkylation sites (N-methyl/N-ethyl adjacent to an activating group) is 1. The first-order valence-corrected chi connectivity index (χ1v) is 9.96. The van der Waals surface area contributed by atoms with Crippen molar-refractivity contribution in [3.8, 4) is 0 Å². The lowest BCUT2D eigenvalue weighted by Gasteiger charge is -2.40. The molecule has 1 fully saturated rings. The predicted octanol–water partition coefficient (Wildman–Crippen LogP) is 3.03. The van der Waals surface area contributed by atoms with Gasteiger partial charge in [0.1, 0.15) is 22.8 Å². The zero-order valence-corrected chi connectivity index (χ0v) is 16.9. The van der Waals surface area contributed by atoms with E-state index in [1.54, 1.807) is 11.4 Å². The number of nitrogens with zero attached hydrogens (tertiary/aromatic N) is 5. The highest BCUT2D eigenvalue weighted by atomic mass is 32.1. The van der Waals surface area contributed by atoms with Crippen molar-refractivity contribution in [1.82, 2.24) is 24.4 Å². The van der Waals surface area contributed by atoms with E-state index < -0.39 is 6.09 Å². The van der Waals surface area contributed by atoms with Crippen LogP contribution in [-0.2, 0) is 4.84 Å². The van der Waals surface area contributed by atoms with Crippen LogP contribution < -0.4 is 10.2 Å². The number of rotatable bonds is 4. The Morgan fingerprint density at radius 3 is 3.11 bits per heavy atom. The van der Waals surface area contributed by atoms with Gasteiger partial charge in [-0.3, -0.25) is 5.32 Å². The van der Waals surface area contributed by atoms with Crippen molar-refractivity contribution in [2.45, 2.75) is 26.3 Å². The highest BCUT2D eigenvalue weighted by Crippen LogP contribution is 2.28. The molecule has 2 unspecified atom stereocenters. The van der Waals surface area contributed by atoms with E-state index in [9.17, 15) is 4.79 Å². The first-order valence-electron chi connectivity index (χ1n) is 9.19. The standard InChI is InChI=1S/C18H23N7O2S/c1-11-5-7-25(27-18(26)22-15-8-12(2)23-28-15)9-14(11)24(3)17-13-4-6-19-16(13)20-10-21-17/h4,6,8,10-11,14H,5,7,9H2,1-3H3,(H,22,26)(H,19,20,21). The summed E-state index contributed by atoms with van der Waals surface area (Å²) in [4.78, 5) is 31.8. The van der Waals surface area contributed by atoms with Crippen LogP contribution in [0.3, 0.4) is 0 Å². The molecular weight excluding hydrogens is 378 g/mol. The SMILES string of the molecule is Cc1cc(NC(=O)ON2CCC(C)C(N(C)c3ncnc4[nH]ccc34)C2)sn1. The van der Waals surface area contributed by atoms with E-state index in [0.717, 1.165) is 29.0 Å². The lowest BCUT2D eigenvalue weighted by atomic mass is 9.93. The summed E-state index contributed by atoms with van der Waals surface area (Å²) >= 11 is 1.24. The van der Waals surface area contributed by atoms with Crippen LogP contribution in [0.4, 0.5) is 15.6 Å². The lowest BCUT2D eigenvalue weighted by molar-refractivity contribution is -0.117. The molecule has 0 saturated carbocycles. The monoisotopic (exact) mass is 401 g/mol. The topological polar surface area (TPSA) is 99.3 Å². The zero-order chi connectivity index (χ0) is 19.7. The van der Waals surface area contributed by atoms with Crippen molar-refractivity contribution in [3.63, 3.8) is 0 Å². The van der Waals surface area contributed by atoms with Gasteiger partial charge < -0.3 is 14.7 Å². The number of aromatic amines is 1. The first-order chi connectivity index (χ1) is 13.5. The normalized spacial score (nSPS) is 20.2. The van der Waals surface area contributed by atoms with E-state index in [1.165, 1.54) is 11.5 Å². The Kier molecular flexibility index (Phi) is 5.14. The van der Waals surface area contributed by atoms with Crippen LogP contribution in [0, 0.1) is 12.8 Å². The number of carbonyl (C=O) groups excluding carboxylic acids is 1. The third-order valence-electron chi connectivity index (χ3n) is 5.11. The highest BCUT2D eigenvalue weighted by Gasteiger charge is 2.32. The molecule has 0 aromatic carbocycles. The summed E-state index contributed by atoms with van der Waals surface area (Å²) in [6.07, 6.45) is 3.86. The van der Waals surface area contributed by atoms with Gasteiger partial charge in [0, 0.05) is 25.8 Å². The summed E-state index contributed by atoms with van der Waals surface area (Å²) in [6.45, 7) is 5.40. The molecule has 1 aliphatic heterocycles. The molecular formula is C18H23N7O2S. The molecule has 2 N–H and O–H groups in total. The Morgan fingerprint density at radius 2 is 2.32 bits per heavy atom. The molecule has 0 aliphatic carbocycles. The van der Waals surface area contributed by atoms with E-state index in [4.69, 9.17) is 4.84 Å². The van der Waals surface area contributed by atoms with Crippen LogP contribution in [0.2, 0.25) is 0 Å². The van der Waals surface area contributed by atoms with Gasteiger partial charge in [0.2, 0.25) is 0 Å². The summed E-state index contributed by atoms with van der Waals surface area (Å²) in [7, 11) is 2.03. The second-order valence-electron chi connectivity index (χ2n) is 7.11. The number of aromatic nitrogens is 4. The summed E-state index contributed by atoms with van der Waals surface area (Å²) < 4.78 is 4.15. The Balaban J connectivity index is 1.44. The van der Waals surface area contributed by atoms with Gasteiger partial charge in [-0.15, -0.1) is 5.06 Å². The number of amides is 1. The van der Waals surface area contributed by atoms with Crippen molar-refractivity contribution < 1.29 is 9.63 Å². The smallest absolute Gasteiger partial charge is 0.354 e. The highest BCUT2D eigenvalue weighted by molar-refractivity contribution is 7.10. The van der Waals surface area contributed by atoms with Crippen LogP contribution in [0.25, 0.3) is 11.0 Å². The predicted molar refractivity (Wildman–Crippen MR) is 108 cm³/mol. The van der Waals surface area contributed by atoms with E-state index >= 15 is 0 Å². The van der Waals surface area contributed by atoms with Crippen LogP contribution >= 0.6 is 11.5 Å². The number of hydroxylamine groups is 2. The number of piperidine rings is 1. The molecule has 4 rings (SSSR count). The summed E-state index contributed by atoms with van der Waals surface area (Å²) in [6, 6.07) is 3.95. The molecule has 9 nitrogen and oxygen atoms in total. The maximum absolute atomic E-state index is 12.2. The van der Waals surface area contributed by atoms with Crippen molar-refractivity contribution >= 4 is 39.5 Å². The van der Waals surface area contributed by atoms with Gasteiger partial charge >= 0.3 is 6.09 Å². The van der Waals surface area contributed by atoms with E-state index in [0.29, 0.717) is 24.0 Å². The number of hydrogen-bond donors (Lipinski definition) is 2. The van der Waals surface area contributed by atoms with Gasteiger partial charge in [-0.2, -0.15) is 4.37 Å². The lowest BCUT2D eigenvalue weighted by Crippen LogP contribution is -2.51. The number of aryl methyl sites for hydroxylation is 1. The Labute approximate surface area is 166 Å². The molecule has 0 radical (unpaired) electrons. The molecule has 0 spiro atoms. The van der Waals surface area contributed by atoms with Crippen molar-refractivity contribution in [2.24, 2.45) is 5.92 Å². The second-order valence-corrected chi connectivity index (χ2v) is 7.91. The fourth-order valence-electron chi connectivity index (χ4n) is 3.57. The first kappa shape index (κ1) is 18.6. The quantitative estimate of drug-likeness (QED) is 0.693. The molecule has 0 bridgehead atoms. The molecule has 3 aromatic rings. The fraction of sp³-hybridized carbons (Fsp3) is 0.444. The summed E-state index contributed by atoms with van der Waals surface area (Å²) in [5.74, 6) is 1.30. The summed E-state index contributed by atoms with van der Waals surface area (Å²) in [5.41, 5.74) is 1.68. The molecule has 1 amide bonds. The van der Waals surface area contributed by atoms with Crippen LogP contribution in [0.5, 0.6) is 0 Å². The Hall–Kier alpha value is -2.72. The van der Waals surface area contributed by atoms with Gasteiger partial charge in [0.15, 0.2) is 0 Å². The fourth-order valence-corrected chi connectivity index (χ4v) is 4.21. The average Bonchev–Trinajstić information content (AvgIpc) is 3.31. The molecule has 28 heavy (non-hydrogen) atoms. The second kappa shape index (κ2) is 7.72. The van der Waals surface area contributed by atoms with Gasteiger partial charge in [-0.25, -0.2) is 14.8 Å². The zero-order valence-electron chi connectivity index (χ0n) is 16.0. The van der Waals surface area contributed by atoms with E-state index in [1.807, 2.05) is 32.3 Å². The minimum Gasteiger partial charge on any atom is -0.354 e. The Morgan fingerprint density at radius 1 is 1.46 bits per heavy atom.